The molecule has 0 aliphatic carbocycles. The molecule has 0 saturated carbocycles. The number of hydrogen-bond donors (Lipinski definition) is 2. The molecule has 0 aromatic heterocycles. The topological polar surface area (TPSA) is 65.8 Å². The molecule has 0 saturated heterocycles. The summed E-state index contributed by atoms with van der Waals surface area (Å²) in [6.07, 6.45) is 2.85. The van der Waals surface area contributed by atoms with Crippen LogP contribution >= 0.6 is 0 Å². The lowest BCUT2D eigenvalue weighted by Crippen LogP contribution is -2.17. The molecule has 0 fully saturated rings. The van der Waals surface area contributed by atoms with Gasteiger partial charge in [-0.3, -0.25) is 10.2 Å². The first kappa shape index (κ1) is 18.9. The summed E-state index contributed by atoms with van der Waals surface area (Å²) in [7, 11) is 0. The number of rotatable bonds is 6. The van der Waals surface area contributed by atoms with Crippen LogP contribution in [0.25, 0.3) is 0 Å². The minimum absolute atomic E-state index is 0.334. The normalized spacial score (nSPS) is 11.1. The van der Waals surface area contributed by atoms with Crippen LogP contribution in [-0.4, -0.2) is 18.3 Å². The maximum absolute atomic E-state index is 13.1. The number of anilines is 1. The Hall–Kier alpha value is -3.87. The number of hydrazone groups is 2. The molecule has 0 radical (unpaired) electrons. The van der Waals surface area contributed by atoms with Gasteiger partial charge in [0.1, 0.15) is 11.6 Å². The van der Waals surface area contributed by atoms with E-state index in [4.69, 9.17) is 0 Å². The van der Waals surface area contributed by atoms with Crippen molar-refractivity contribution in [3.05, 3.63) is 101 Å². The fourth-order valence-electron chi connectivity index (χ4n) is 2.28. The molecule has 1 amide bonds. The molecule has 0 spiro atoms. The standard InChI is InChI=1S/C21H16F2N4O/c22-18-5-1-3-15(11-18)13-24-26-20-9-7-17(8-10-20)21(28)27-25-14-16-4-2-6-19(23)12-16/h1-14,26H,(H,27,28). The van der Waals surface area contributed by atoms with Crippen LogP contribution < -0.4 is 10.9 Å². The van der Waals surface area contributed by atoms with Crippen LogP contribution in [0.1, 0.15) is 21.5 Å². The van der Waals surface area contributed by atoms with Crippen molar-refractivity contribution in [2.75, 3.05) is 5.43 Å². The Morgan fingerprint density at radius 3 is 1.93 bits per heavy atom. The average molecular weight is 378 g/mol. The summed E-state index contributed by atoms with van der Waals surface area (Å²) in [6, 6.07) is 18.5. The van der Waals surface area contributed by atoms with Crippen molar-refractivity contribution in [2.45, 2.75) is 0 Å². The molecule has 0 unspecified atom stereocenters. The van der Waals surface area contributed by atoms with Gasteiger partial charge < -0.3 is 0 Å². The van der Waals surface area contributed by atoms with Crippen molar-refractivity contribution in [2.24, 2.45) is 10.2 Å². The Labute approximate surface area is 160 Å². The minimum Gasteiger partial charge on any atom is -0.279 e. The number of carbonyl (C=O) groups is 1. The molecule has 3 aromatic carbocycles. The summed E-state index contributed by atoms with van der Waals surface area (Å²) >= 11 is 0. The van der Waals surface area contributed by atoms with E-state index < -0.39 is 5.91 Å². The van der Waals surface area contributed by atoms with Gasteiger partial charge in [0.2, 0.25) is 0 Å². The molecule has 28 heavy (non-hydrogen) atoms. The van der Waals surface area contributed by atoms with E-state index in [1.54, 1.807) is 48.5 Å². The largest absolute Gasteiger partial charge is 0.279 e. The van der Waals surface area contributed by atoms with Crippen LogP contribution in [0.15, 0.2) is 83.0 Å². The highest BCUT2D eigenvalue weighted by atomic mass is 19.1. The van der Waals surface area contributed by atoms with E-state index >= 15 is 0 Å². The highest BCUT2D eigenvalue weighted by Gasteiger charge is 2.03. The van der Waals surface area contributed by atoms with E-state index in [1.165, 1.54) is 36.7 Å². The summed E-state index contributed by atoms with van der Waals surface area (Å²) in [4.78, 5) is 12.1. The Kier molecular flexibility index (Phi) is 6.20. The predicted molar refractivity (Wildman–Crippen MR) is 106 cm³/mol. The van der Waals surface area contributed by atoms with Crippen molar-refractivity contribution in [1.82, 2.24) is 5.43 Å². The zero-order valence-electron chi connectivity index (χ0n) is 14.6. The van der Waals surface area contributed by atoms with Crippen molar-refractivity contribution < 1.29 is 13.6 Å². The Morgan fingerprint density at radius 2 is 1.36 bits per heavy atom. The van der Waals surface area contributed by atoms with Crippen molar-refractivity contribution in [1.29, 1.82) is 0 Å². The van der Waals surface area contributed by atoms with E-state index in [9.17, 15) is 13.6 Å². The third-order valence-corrected chi connectivity index (χ3v) is 3.63. The van der Waals surface area contributed by atoms with Crippen LogP contribution in [-0.2, 0) is 0 Å². The number of carbonyl (C=O) groups excluding carboxylic acids is 1. The molecule has 0 bridgehead atoms. The lowest BCUT2D eigenvalue weighted by molar-refractivity contribution is 0.0955. The van der Waals surface area contributed by atoms with Gasteiger partial charge in [-0.25, -0.2) is 14.2 Å². The maximum atomic E-state index is 13.1. The van der Waals surface area contributed by atoms with Crippen LogP contribution in [0.4, 0.5) is 14.5 Å². The van der Waals surface area contributed by atoms with E-state index in [-0.39, 0.29) is 11.6 Å². The number of nitrogens with one attached hydrogen (secondary N) is 2. The van der Waals surface area contributed by atoms with Crippen molar-refractivity contribution in [3.8, 4) is 0 Å². The monoisotopic (exact) mass is 378 g/mol. The van der Waals surface area contributed by atoms with Gasteiger partial charge in [0.15, 0.2) is 0 Å². The molecule has 7 heteroatoms. The molecule has 3 rings (SSSR count). The van der Waals surface area contributed by atoms with Crippen LogP contribution in [0.5, 0.6) is 0 Å². The number of halogens is 2. The van der Waals surface area contributed by atoms with Crippen LogP contribution in [0.2, 0.25) is 0 Å². The SMILES string of the molecule is O=C(NN=Cc1cccc(F)c1)c1ccc(NN=Cc2cccc(F)c2)cc1. The predicted octanol–water partition coefficient (Wildman–Crippen LogP) is 4.17. The fraction of sp³-hybridized carbons (Fsp3) is 0. The third kappa shape index (κ3) is 5.57. The highest BCUT2D eigenvalue weighted by Crippen LogP contribution is 2.10. The lowest BCUT2D eigenvalue weighted by atomic mass is 10.2. The molecular weight excluding hydrogens is 362 g/mol. The van der Waals surface area contributed by atoms with Crippen molar-refractivity contribution >= 4 is 24.0 Å². The zero-order valence-corrected chi connectivity index (χ0v) is 14.6. The average Bonchev–Trinajstić information content (AvgIpc) is 2.69. The van der Waals surface area contributed by atoms with Gasteiger partial charge in [-0.05, 0) is 59.7 Å². The molecule has 0 aliphatic heterocycles. The molecule has 0 atom stereocenters. The Morgan fingerprint density at radius 1 is 0.786 bits per heavy atom. The van der Waals surface area contributed by atoms with E-state index in [0.29, 0.717) is 22.4 Å². The molecule has 0 heterocycles. The second kappa shape index (κ2) is 9.18. The number of hydrogen-bond acceptors (Lipinski definition) is 4. The number of benzene rings is 3. The van der Waals surface area contributed by atoms with Crippen LogP contribution in [0.3, 0.4) is 0 Å². The van der Waals surface area contributed by atoms with E-state index in [2.05, 4.69) is 21.1 Å². The molecule has 5 nitrogen and oxygen atoms in total. The molecule has 3 aromatic rings. The fourth-order valence-corrected chi connectivity index (χ4v) is 2.28. The maximum Gasteiger partial charge on any atom is 0.271 e. The van der Waals surface area contributed by atoms with Gasteiger partial charge >= 0.3 is 0 Å². The first-order chi connectivity index (χ1) is 13.6. The van der Waals surface area contributed by atoms with E-state index in [0.717, 1.165) is 0 Å². The van der Waals surface area contributed by atoms with Gasteiger partial charge in [-0.1, -0.05) is 24.3 Å². The second-order valence-corrected chi connectivity index (χ2v) is 5.76. The Bertz CT molecular complexity index is 1020. The van der Waals surface area contributed by atoms with Gasteiger partial charge in [-0.15, -0.1) is 0 Å². The summed E-state index contributed by atoms with van der Waals surface area (Å²) in [5.41, 5.74) is 7.40. The minimum atomic E-state index is -0.400. The lowest BCUT2D eigenvalue weighted by Gasteiger charge is -2.03. The smallest absolute Gasteiger partial charge is 0.271 e. The molecular formula is C21H16F2N4O. The molecule has 2 N–H and O–H groups in total. The summed E-state index contributed by atoms with van der Waals surface area (Å²) in [5.74, 6) is -1.11. The van der Waals surface area contributed by atoms with Gasteiger partial charge in [0, 0.05) is 5.56 Å². The summed E-state index contributed by atoms with van der Waals surface area (Å²) in [6.45, 7) is 0. The van der Waals surface area contributed by atoms with Gasteiger partial charge in [-0.2, -0.15) is 10.2 Å². The molecule has 140 valence electrons. The quantitative estimate of drug-likeness (QED) is 0.499. The summed E-state index contributed by atoms with van der Waals surface area (Å²) < 4.78 is 26.2. The zero-order chi connectivity index (χ0) is 19.8. The van der Waals surface area contributed by atoms with Crippen LogP contribution in [0, 0.1) is 11.6 Å². The first-order valence-corrected chi connectivity index (χ1v) is 8.34. The molecule has 0 aliphatic rings. The van der Waals surface area contributed by atoms with Gasteiger partial charge in [0.05, 0.1) is 18.1 Å². The van der Waals surface area contributed by atoms with E-state index in [1.807, 2.05) is 0 Å². The van der Waals surface area contributed by atoms with Gasteiger partial charge in [0.25, 0.3) is 5.91 Å². The third-order valence-electron chi connectivity index (χ3n) is 3.63. The highest BCUT2D eigenvalue weighted by molar-refractivity contribution is 5.95. The number of amides is 1. The van der Waals surface area contributed by atoms with Crippen molar-refractivity contribution in [3.63, 3.8) is 0 Å². The first-order valence-electron chi connectivity index (χ1n) is 8.34. The second-order valence-electron chi connectivity index (χ2n) is 5.76. The Balaban J connectivity index is 1.54. The number of nitrogens with zero attached hydrogens (tertiary/aromatic N) is 2. The summed E-state index contributed by atoms with van der Waals surface area (Å²) in [5, 5.41) is 7.83.